The lowest BCUT2D eigenvalue weighted by Gasteiger charge is -2.32. The molecule has 11 nitrogen and oxygen atoms in total. The molecule has 1 aromatic carbocycles. The average molecular weight is 676 g/mol. The molecule has 36 heavy (non-hydrogen) atoms. The van der Waals surface area contributed by atoms with E-state index in [0.717, 1.165) is 0 Å². The van der Waals surface area contributed by atoms with E-state index in [1.807, 2.05) is 22.6 Å². The first-order valence-electron chi connectivity index (χ1n) is 10.6. The molecule has 1 fully saturated rings. The molecule has 1 amide bonds. The number of H-pyrrole nitrogens is 1. The van der Waals surface area contributed by atoms with Crippen LogP contribution in [0.3, 0.4) is 0 Å². The Hall–Kier alpha value is -2.78. The predicted molar refractivity (Wildman–Crippen MR) is 141 cm³/mol. The summed E-state index contributed by atoms with van der Waals surface area (Å²) in [7, 11) is 1.50. The van der Waals surface area contributed by atoms with Gasteiger partial charge in [0.05, 0.1) is 11.9 Å². The summed E-state index contributed by atoms with van der Waals surface area (Å²) in [6, 6.07) is 6.32. The molecular weight excluding hydrogens is 653 g/mol. The maximum atomic E-state index is 13.9. The van der Waals surface area contributed by atoms with Gasteiger partial charge in [0.15, 0.2) is 18.1 Å². The van der Waals surface area contributed by atoms with Crippen molar-refractivity contribution in [2.75, 3.05) is 18.6 Å². The van der Waals surface area contributed by atoms with Crippen molar-refractivity contribution in [3.05, 3.63) is 56.2 Å². The minimum atomic E-state index is -1.22. The van der Waals surface area contributed by atoms with E-state index in [1.165, 1.54) is 32.1 Å². The normalized spacial score (nSPS) is 21.2. The molecule has 0 spiro atoms. The second-order valence-corrected chi connectivity index (χ2v) is 9.34. The van der Waals surface area contributed by atoms with Crippen molar-refractivity contribution in [2.45, 2.75) is 37.1 Å². The van der Waals surface area contributed by atoms with E-state index in [0.29, 0.717) is 11.3 Å². The van der Waals surface area contributed by atoms with Crippen LogP contribution in [0.1, 0.15) is 29.8 Å². The van der Waals surface area contributed by atoms with Crippen LogP contribution in [0.2, 0.25) is 0 Å². The Bertz CT molecular complexity index is 1200. The molecule has 3 rings (SSSR count). The highest BCUT2D eigenvalue weighted by molar-refractivity contribution is 14.1. The summed E-state index contributed by atoms with van der Waals surface area (Å²) in [6.07, 6.45) is 0.0309. The fourth-order valence-electron chi connectivity index (χ4n) is 3.54. The number of methoxy groups -OCH3 is 1. The largest absolute Gasteiger partial charge is 0.497 e. The van der Waals surface area contributed by atoms with Crippen molar-refractivity contribution < 1.29 is 33.3 Å². The number of alkyl halides is 1. The molecule has 192 valence electrons. The highest BCUT2D eigenvalue weighted by Crippen LogP contribution is 2.36. The number of hydrogen-bond acceptors (Lipinski definition) is 9. The molecule has 1 N–H and O–H groups in total. The second-order valence-electron chi connectivity index (χ2n) is 7.57. The predicted octanol–water partition coefficient (Wildman–Crippen LogP) is 2.81. The van der Waals surface area contributed by atoms with Gasteiger partial charge in [0, 0.05) is 31.2 Å². The number of halogens is 2. The molecule has 1 saturated heterocycles. The molecule has 1 aliphatic rings. The van der Waals surface area contributed by atoms with E-state index in [9.17, 15) is 19.2 Å². The molecule has 1 aliphatic heterocycles. The van der Waals surface area contributed by atoms with Gasteiger partial charge in [-0.1, -0.05) is 38.5 Å². The van der Waals surface area contributed by atoms with Crippen molar-refractivity contribution in [1.29, 1.82) is 0 Å². The third-order valence-electron chi connectivity index (χ3n) is 5.11. The van der Waals surface area contributed by atoms with Gasteiger partial charge in [0.25, 0.3) is 5.91 Å². The number of carbonyl (C=O) groups is 3. The number of nitrogens with zero attached hydrogens (tertiary/aromatic N) is 2. The van der Waals surface area contributed by atoms with Crippen LogP contribution in [0.15, 0.2) is 39.3 Å². The maximum Gasteiger partial charge on any atom is 0.346 e. The molecule has 0 saturated carbocycles. The van der Waals surface area contributed by atoms with E-state index in [2.05, 4.69) is 25.9 Å². The first kappa shape index (κ1) is 27.8. The fourth-order valence-corrected chi connectivity index (χ4v) is 4.57. The van der Waals surface area contributed by atoms with Gasteiger partial charge in [-0.05, 0) is 34.4 Å². The van der Waals surface area contributed by atoms with Crippen LogP contribution < -0.4 is 15.3 Å². The summed E-state index contributed by atoms with van der Waals surface area (Å²) < 4.78 is 23.6. The topological polar surface area (TPSA) is 137 Å². The van der Waals surface area contributed by atoms with Gasteiger partial charge in [-0.3, -0.25) is 19.3 Å². The Morgan fingerprint density at radius 2 is 1.92 bits per heavy atom. The van der Waals surface area contributed by atoms with E-state index in [4.69, 9.17) is 18.9 Å². The number of esters is 2. The van der Waals surface area contributed by atoms with Gasteiger partial charge in [-0.15, -0.1) is 0 Å². The second kappa shape index (κ2) is 12.5. The SMILES string of the molecule is COc1ccc(C(=O)N(c2nc(=O)[nH]cc2C=CI)[C@@H]2O[C@H](COC(C)=O)[C@H](Br)[C@H]2OC(C)=O)cc1. The molecule has 0 unspecified atom stereocenters. The fraction of sp³-hybridized carbons (Fsp3) is 0.348. The number of anilines is 1. The lowest BCUT2D eigenvalue weighted by atomic mass is 10.1. The Morgan fingerprint density at radius 1 is 1.22 bits per heavy atom. The lowest BCUT2D eigenvalue weighted by molar-refractivity contribution is -0.148. The molecule has 0 bridgehead atoms. The van der Waals surface area contributed by atoms with Gasteiger partial charge < -0.3 is 23.9 Å². The van der Waals surface area contributed by atoms with Crippen molar-refractivity contribution >= 4 is 68.3 Å². The number of ether oxygens (including phenoxy) is 4. The van der Waals surface area contributed by atoms with E-state index in [-0.39, 0.29) is 18.0 Å². The summed E-state index contributed by atoms with van der Waals surface area (Å²) in [5.74, 6) is -1.19. The van der Waals surface area contributed by atoms with Crippen LogP contribution in [-0.2, 0) is 23.8 Å². The quantitative estimate of drug-likeness (QED) is 0.254. The molecular formula is C23H23BrIN3O8. The zero-order valence-electron chi connectivity index (χ0n) is 19.5. The van der Waals surface area contributed by atoms with Crippen molar-refractivity contribution in [3.63, 3.8) is 0 Å². The van der Waals surface area contributed by atoms with Crippen LogP contribution in [-0.4, -0.2) is 64.8 Å². The van der Waals surface area contributed by atoms with Gasteiger partial charge in [0.2, 0.25) is 0 Å². The molecule has 1 aromatic heterocycles. The maximum absolute atomic E-state index is 13.9. The van der Waals surface area contributed by atoms with Crippen molar-refractivity contribution in [1.82, 2.24) is 9.97 Å². The van der Waals surface area contributed by atoms with Crippen molar-refractivity contribution in [3.8, 4) is 5.75 Å². The van der Waals surface area contributed by atoms with Gasteiger partial charge in [-0.25, -0.2) is 4.79 Å². The van der Waals surface area contributed by atoms with Gasteiger partial charge in [-0.2, -0.15) is 4.98 Å². The zero-order chi connectivity index (χ0) is 26.4. The number of carbonyl (C=O) groups excluding carboxylic acids is 3. The number of aromatic nitrogens is 2. The third kappa shape index (κ3) is 6.50. The number of rotatable bonds is 8. The smallest absolute Gasteiger partial charge is 0.346 e. The minimum absolute atomic E-state index is 0.0116. The van der Waals surface area contributed by atoms with Crippen LogP contribution in [0, 0.1) is 0 Å². The summed E-state index contributed by atoms with van der Waals surface area (Å²) >= 11 is 5.46. The van der Waals surface area contributed by atoms with Crippen LogP contribution in [0.4, 0.5) is 5.82 Å². The highest BCUT2D eigenvalue weighted by Gasteiger charge is 2.51. The molecule has 2 aromatic rings. The summed E-state index contributed by atoms with van der Waals surface area (Å²) in [5.41, 5.74) is -0.0513. The standard InChI is InChI=1S/C23H23BrIN3O8/c1-12(29)34-11-17-18(24)19(35-13(2)30)22(36-17)28(20-15(8-9-25)10-26-23(32)27-20)21(31)14-4-6-16(33-3)7-5-14/h4-10,17-19,22H,11H2,1-3H3,(H,26,27,32)/t17-,18+,19-,22-/m1/s1. The Kier molecular flexibility index (Phi) is 9.62. The van der Waals surface area contributed by atoms with Crippen LogP contribution in [0.25, 0.3) is 6.08 Å². The highest BCUT2D eigenvalue weighted by atomic mass is 127. The summed E-state index contributed by atoms with van der Waals surface area (Å²) in [5, 5.41) is 0. The Balaban J connectivity index is 2.16. The monoisotopic (exact) mass is 675 g/mol. The first-order valence-corrected chi connectivity index (χ1v) is 12.8. The zero-order valence-corrected chi connectivity index (χ0v) is 23.2. The lowest BCUT2D eigenvalue weighted by Crippen LogP contribution is -2.49. The van der Waals surface area contributed by atoms with Gasteiger partial charge in [0.1, 0.15) is 18.5 Å². The van der Waals surface area contributed by atoms with E-state index in [1.54, 1.807) is 34.4 Å². The average Bonchev–Trinajstić information content (AvgIpc) is 3.14. The number of nitrogens with one attached hydrogen (secondary N) is 1. The van der Waals surface area contributed by atoms with Crippen LogP contribution >= 0.6 is 38.5 Å². The van der Waals surface area contributed by atoms with Crippen LogP contribution in [0.5, 0.6) is 5.75 Å². The molecule has 13 heteroatoms. The molecule has 2 heterocycles. The van der Waals surface area contributed by atoms with E-state index >= 15 is 0 Å². The third-order valence-corrected chi connectivity index (χ3v) is 6.59. The number of benzene rings is 1. The Morgan fingerprint density at radius 3 is 2.50 bits per heavy atom. The molecule has 0 aliphatic carbocycles. The summed E-state index contributed by atoms with van der Waals surface area (Å²) in [4.78, 5) is 56.5. The molecule has 0 radical (unpaired) electrons. The number of hydrogen-bond donors (Lipinski definition) is 1. The minimum Gasteiger partial charge on any atom is -0.497 e. The number of aromatic amines is 1. The van der Waals surface area contributed by atoms with E-state index < -0.39 is 46.8 Å². The van der Waals surface area contributed by atoms with Gasteiger partial charge >= 0.3 is 17.6 Å². The number of amides is 1. The Labute approximate surface area is 228 Å². The summed E-state index contributed by atoms with van der Waals surface area (Å²) in [6.45, 7) is 2.32. The molecule has 4 atom stereocenters. The van der Waals surface area contributed by atoms with Crippen molar-refractivity contribution in [2.24, 2.45) is 0 Å². The first-order chi connectivity index (χ1) is 17.2.